The summed E-state index contributed by atoms with van der Waals surface area (Å²) >= 11 is 0. The van der Waals surface area contributed by atoms with Crippen molar-refractivity contribution in [2.75, 3.05) is 39.3 Å². The number of amides is 2. The first-order valence-electron chi connectivity index (χ1n) is 11.1. The fourth-order valence-electron chi connectivity index (χ4n) is 4.51. The van der Waals surface area contributed by atoms with Gasteiger partial charge in [0.25, 0.3) is 0 Å². The standard InChI is InChI=1S/C23H38N4O/c1-23(2,27-14-7-4-8-15-27)19-25-22(28)24-16-21-12-9-13-26(18-21)17-20-10-5-3-6-11-20/h3,5-6,10-11,21H,4,7-9,12-19H2,1-2H3,(H2,24,25,28)/t21-/m0/s1. The van der Waals surface area contributed by atoms with Crippen molar-refractivity contribution in [1.82, 2.24) is 20.4 Å². The second-order valence-electron chi connectivity index (χ2n) is 9.15. The highest BCUT2D eigenvalue weighted by Gasteiger charge is 2.28. The third kappa shape index (κ3) is 6.49. The average Bonchev–Trinajstić information content (AvgIpc) is 2.72. The molecule has 1 aromatic carbocycles. The zero-order valence-electron chi connectivity index (χ0n) is 17.8. The van der Waals surface area contributed by atoms with E-state index in [1.165, 1.54) is 37.7 Å². The van der Waals surface area contributed by atoms with Crippen molar-refractivity contribution in [3.05, 3.63) is 35.9 Å². The first-order valence-corrected chi connectivity index (χ1v) is 11.1. The molecule has 1 atom stereocenters. The van der Waals surface area contributed by atoms with Gasteiger partial charge in [-0.15, -0.1) is 0 Å². The molecular weight excluding hydrogens is 348 g/mol. The summed E-state index contributed by atoms with van der Waals surface area (Å²) in [7, 11) is 0. The van der Waals surface area contributed by atoms with Gasteiger partial charge in [0, 0.05) is 31.7 Å². The minimum atomic E-state index is -0.0229. The van der Waals surface area contributed by atoms with E-state index in [1.54, 1.807) is 0 Å². The van der Waals surface area contributed by atoms with Gasteiger partial charge in [-0.05, 0) is 70.6 Å². The van der Waals surface area contributed by atoms with Crippen LogP contribution in [0.5, 0.6) is 0 Å². The molecule has 2 saturated heterocycles. The number of benzene rings is 1. The molecule has 5 heteroatoms. The number of hydrogen-bond donors (Lipinski definition) is 2. The van der Waals surface area contributed by atoms with Crippen molar-refractivity contribution in [2.45, 2.75) is 58.0 Å². The van der Waals surface area contributed by atoms with E-state index in [1.807, 2.05) is 0 Å². The van der Waals surface area contributed by atoms with Crippen molar-refractivity contribution in [1.29, 1.82) is 0 Å². The Balaban J connectivity index is 1.36. The average molecular weight is 387 g/mol. The smallest absolute Gasteiger partial charge is 0.314 e. The van der Waals surface area contributed by atoms with Gasteiger partial charge in [-0.25, -0.2) is 4.79 Å². The molecule has 0 aliphatic carbocycles. The molecule has 2 amide bonds. The lowest BCUT2D eigenvalue weighted by atomic mass is 9.97. The highest BCUT2D eigenvalue weighted by Crippen LogP contribution is 2.20. The molecule has 2 aliphatic heterocycles. The number of urea groups is 1. The number of carbonyl (C=O) groups excluding carboxylic acids is 1. The fraction of sp³-hybridized carbons (Fsp3) is 0.696. The highest BCUT2D eigenvalue weighted by atomic mass is 16.2. The largest absolute Gasteiger partial charge is 0.338 e. The number of likely N-dealkylation sites (tertiary alicyclic amines) is 2. The van der Waals surface area contributed by atoms with Crippen LogP contribution in [-0.2, 0) is 6.54 Å². The summed E-state index contributed by atoms with van der Waals surface area (Å²) in [6.45, 7) is 11.5. The molecule has 3 rings (SSSR count). The maximum absolute atomic E-state index is 12.3. The summed E-state index contributed by atoms with van der Waals surface area (Å²) in [5, 5.41) is 6.22. The van der Waals surface area contributed by atoms with E-state index in [0.717, 1.165) is 39.3 Å². The van der Waals surface area contributed by atoms with Crippen LogP contribution in [0.3, 0.4) is 0 Å². The lowest BCUT2D eigenvalue weighted by molar-refractivity contribution is 0.0958. The topological polar surface area (TPSA) is 47.6 Å². The quantitative estimate of drug-likeness (QED) is 0.754. The Kier molecular flexibility index (Phi) is 7.74. The Morgan fingerprint density at radius 3 is 2.54 bits per heavy atom. The molecule has 0 bridgehead atoms. The van der Waals surface area contributed by atoms with Gasteiger partial charge in [0.15, 0.2) is 0 Å². The summed E-state index contributed by atoms with van der Waals surface area (Å²) in [6, 6.07) is 10.6. The summed E-state index contributed by atoms with van der Waals surface area (Å²) in [5.41, 5.74) is 1.39. The predicted octanol–water partition coefficient (Wildman–Crippen LogP) is 3.46. The van der Waals surface area contributed by atoms with Crippen LogP contribution in [0.2, 0.25) is 0 Å². The van der Waals surface area contributed by atoms with Gasteiger partial charge in [0.2, 0.25) is 0 Å². The van der Waals surface area contributed by atoms with Gasteiger partial charge >= 0.3 is 6.03 Å². The molecule has 2 N–H and O–H groups in total. The number of piperidine rings is 2. The van der Waals surface area contributed by atoms with Crippen molar-refractivity contribution >= 4 is 6.03 Å². The van der Waals surface area contributed by atoms with E-state index in [-0.39, 0.29) is 11.6 Å². The second kappa shape index (κ2) is 10.3. The maximum Gasteiger partial charge on any atom is 0.314 e. The zero-order chi connectivity index (χ0) is 19.8. The molecule has 0 spiro atoms. The summed E-state index contributed by atoms with van der Waals surface area (Å²) in [6.07, 6.45) is 6.30. The van der Waals surface area contributed by atoms with Crippen LogP contribution in [-0.4, -0.2) is 60.6 Å². The summed E-state index contributed by atoms with van der Waals surface area (Å²) < 4.78 is 0. The molecule has 2 aliphatic rings. The fourth-order valence-corrected chi connectivity index (χ4v) is 4.51. The molecule has 2 fully saturated rings. The van der Waals surface area contributed by atoms with Gasteiger partial charge < -0.3 is 10.6 Å². The van der Waals surface area contributed by atoms with Crippen LogP contribution in [0.25, 0.3) is 0 Å². The third-order valence-electron chi connectivity index (χ3n) is 6.30. The molecule has 1 aromatic rings. The first kappa shape index (κ1) is 21.1. The van der Waals surface area contributed by atoms with E-state index in [0.29, 0.717) is 12.5 Å². The van der Waals surface area contributed by atoms with E-state index in [9.17, 15) is 4.79 Å². The maximum atomic E-state index is 12.3. The minimum absolute atomic E-state index is 0.0229. The van der Waals surface area contributed by atoms with E-state index in [2.05, 4.69) is 64.6 Å². The Bertz CT molecular complexity index is 598. The highest BCUT2D eigenvalue weighted by molar-refractivity contribution is 5.73. The normalized spacial score (nSPS) is 22.0. The molecular formula is C23H38N4O. The van der Waals surface area contributed by atoms with Crippen LogP contribution in [0, 0.1) is 5.92 Å². The van der Waals surface area contributed by atoms with Crippen molar-refractivity contribution < 1.29 is 4.79 Å². The third-order valence-corrected chi connectivity index (χ3v) is 6.30. The Morgan fingerprint density at radius 2 is 1.79 bits per heavy atom. The van der Waals surface area contributed by atoms with Crippen LogP contribution in [0.15, 0.2) is 30.3 Å². The lowest BCUT2D eigenvalue weighted by Gasteiger charge is -2.41. The van der Waals surface area contributed by atoms with Gasteiger partial charge in [-0.3, -0.25) is 9.80 Å². The molecule has 2 heterocycles. The molecule has 156 valence electrons. The van der Waals surface area contributed by atoms with Gasteiger partial charge in [0.05, 0.1) is 0 Å². The molecule has 0 aromatic heterocycles. The van der Waals surface area contributed by atoms with Crippen molar-refractivity contribution in [2.24, 2.45) is 5.92 Å². The van der Waals surface area contributed by atoms with Gasteiger partial charge in [0.1, 0.15) is 0 Å². The zero-order valence-corrected chi connectivity index (χ0v) is 17.8. The number of nitrogens with one attached hydrogen (secondary N) is 2. The molecule has 0 radical (unpaired) electrons. The van der Waals surface area contributed by atoms with E-state index in [4.69, 9.17) is 0 Å². The van der Waals surface area contributed by atoms with Gasteiger partial charge in [-0.1, -0.05) is 36.8 Å². The predicted molar refractivity (Wildman–Crippen MR) is 115 cm³/mol. The van der Waals surface area contributed by atoms with Crippen LogP contribution in [0.4, 0.5) is 4.79 Å². The molecule has 0 unspecified atom stereocenters. The van der Waals surface area contributed by atoms with Crippen LogP contribution >= 0.6 is 0 Å². The van der Waals surface area contributed by atoms with E-state index >= 15 is 0 Å². The Labute approximate surface area is 170 Å². The Hall–Kier alpha value is -1.59. The minimum Gasteiger partial charge on any atom is -0.338 e. The van der Waals surface area contributed by atoms with Crippen molar-refractivity contribution in [3.8, 4) is 0 Å². The number of nitrogens with zero attached hydrogens (tertiary/aromatic N) is 2. The summed E-state index contributed by atoms with van der Waals surface area (Å²) in [4.78, 5) is 17.4. The Morgan fingerprint density at radius 1 is 1.04 bits per heavy atom. The number of carbonyl (C=O) groups is 1. The molecule has 5 nitrogen and oxygen atoms in total. The number of hydrogen-bond acceptors (Lipinski definition) is 3. The van der Waals surface area contributed by atoms with Gasteiger partial charge in [-0.2, -0.15) is 0 Å². The van der Waals surface area contributed by atoms with Crippen molar-refractivity contribution in [3.63, 3.8) is 0 Å². The number of rotatable bonds is 7. The van der Waals surface area contributed by atoms with Crippen LogP contribution in [0.1, 0.15) is 51.5 Å². The second-order valence-corrected chi connectivity index (χ2v) is 9.15. The molecule has 0 saturated carbocycles. The first-order chi connectivity index (χ1) is 13.5. The summed E-state index contributed by atoms with van der Waals surface area (Å²) in [5.74, 6) is 0.540. The molecule has 28 heavy (non-hydrogen) atoms. The SMILES string of the molecule is CC(C)(CNC(=O)NC[C@@H]1CCCN(Cc2ccccc2)C1)N1CCCCC1. The lowest BCUT2D eigenvalue weighted by Crippen LogP contribution is -2.55. The monoisotopic (exact) mass is 386 g/mol. The van der Waals surface area contributed by atoms with Crippen LogP contribution < -0.4 is 10.6 Å². The van der Waals surface area contributed by atoms with E-state index < -0.39 is 0 Å².